The number of hydrogen-bond donors (Lipinski definition) is 2. The second-order valence-electron chi connectivity index (χ2n) is 6.38. The number of benzene rings is 1. The van der Waals surface area contributed by atoms with E-state index in [1.54, 1.807) is 24.3 Å². The molecule has 30 heavy (non-hydrogen) atoms. The molecule has 0 saturated carbocycles. The molecular weight excluding hydrogens is 432 g/mol. The van der Waals surface area contributed by atoms with Crippen LogP contribution in [0.2, 0.25) is 0 Å². The summed E-state index contributed by atoms with van der Waals surface area (Å²) in [5, 5.41) is 11.7. The van der Waals surface area contributed by atoms with Crippen LogP contribution in [-0.2, 0) is 23.9 Å². The van der Waals surface area contributed by atoms with Gasteiger partial charge in [-0.3, -0.25) is 19.3 Å². The van der Waals surface area contributed by atoms with Crippen LogP contribution in [0.5, 0.6) is 5.75 Å². The molecule has 1 fully saturated rings. The molecule has 160 valence electrons. The molecular formula is C19H20N2O7S2. The van der Waals surface area contributed by atoms with E-state index in [0.29, 0.717) is 22.8 Å². The van der Waals surface area contributed by atoms with Gasteiger partial charge in [-0.1, -0.05) is 18.2 Å². The minimum Gasteiger partial charge on any atom is -0.484 e. The zero-order valence-corrected chi connectivity index (χ0v) is 17.7. The normalized spacial score (nSPS) is 20.2. The Morgan fingerprint density at radius 3 is 2.70 bits per heavy atom. The third-order valence-corrected chi connectivity index (χ3v) is 6.74. The van der Waals surface area contributed by atoms with Crippen molar-refractivity contribution in [2.45, 2.75) is 11.4 Å². The number of fused-ring (bicyclic) bond motifs is 1. The van der Waals surface area contributed by atoms with Gasteiger partial charge in [0, 0.05) is 11.5 Å². The predicted octanol–water partition coefficient (Wildman–Crippen LogP) is 0.710. The van der Waals surface area contributed by atoms with Crippen LogP contribution < -0.4 is 10.1 Å². The molecule has 1 saturated heterocycles. The minimum atomic E-state index is -1.21. The van der Waals surface area contributed by atoms with Crippen molar-refractivity contribution in [3.63, 3.8) is 0 Å². The van der Waals surface area contributed by atoms with Crippen molar-refractivity contribution in [1.29, 1.82) is 0 Å². The van der Waals surface area contributed by atoms with Gasteiger partial charge >= 0.3 is 11.9 Å². The van der Waals surface area contributed by atoms with E-state index in [1.165, 1.54) is 35.5 Å². The highest BCUT2D eigenvalue weighted by Crippen LogP contribution is 2.41. The summed E-state index contributed by atoms with van der Waals surface area (Å²) >= 11 is 2.60. The molecule has 0 aromatic heterocycles. The Labute approximate surface area is 181 Å². The molecule has 2 heterocycles. The number of carboxylic acids is 1. The highest BCUT2D eigenvalue weighted by Gasteiger charge is 2.54. The van der Waals surface area contributed by atoms with E-state index >= 15 is 0 Å². The van der Waals surface area contributed by atoms with Crippen molar-refractivity contribution in [2.24, 2.45) is 0 Å². The first-order chi connectivity index (χ1) is 14.4. The van der Waals surface area contributed by atoms with E-state index in [0.717, 1.165) is 0 Å². The lowest BCUT2D eigenvalue weighted by Crippen LogP contribution is -2.70. The van der Waals surface area contributed by atoms with E-state index in [2.05, 4.69) is 10.1 Å². The van der Waals surface area contributed by atoms with Crippen LogP contribution >= 0.6 is 23.5 Å². The third kappa shape index (κ3) is 4.90. The number of carbonyl (C=O) groups excluding carboxylic acids is 3. The smallest absolute Gasteiger partial charge is 0.352 e. The Kier molecular flexibility index (Phi) is 7.27. The Balaban J connectivity index is 1.59. The summed E-state index contributed by atoms with van der Waals surface area (Å²) in [5.41, 5.74) is 0.482. The van der Waals surface area contributed by atoms with E-state index in [-0.39, 0.29) is 18.1 Å². The number of carbonyl (C=O) groups is 4. The lowest BCUT2D eigenvalue weighted by molar-refractivity contribution is -0.150. The lowest BCUT2D eigenvalue weighted by Gasteiger charge is -2.49. The Hall–Kier alpha value is -2.66. The number of β-lactam (4-membered cyclic amide) rings is 1. The van der Waals surface area contributed by atoms with Gasteiger partial charge < -0.3 is 19.9 Å². The maximum atomic E-state index is 12.6. The van der Waals surface area contributed by atoms with Crippen molar-refractivity contribution < 1.29 is 33.8 Å². The summed E-state index contributed by atoms with van der Waals surface area (Å²) in [7, 11) is 1.28. The number of nitrogens with one attached hydrogen (secondary N) is 1. The first-order valence-electron chi connectivity index (χ1n) is 8.94. The lowest BCUT2D eigenvalue weighted by atomic mass is 10.0. The number of esters is 1. The quantitative estimate of drug-likeness (QED) is 0.412. The number of methoxy groups -OCH3 is 1. The van der Waals surface area contributed by atoms with Gasteiger partial charge in [-0.2, -0.15) is 0 Å². The molecule has 1 unspecified atom stereocenters. The number of nitrogens with zero attached hydrogens (tertiary/aromatic N) is 1. The SMILES string of the molecule is COC(=O)CSCC1=C(C(=O)O)N2C(=O)C(NC(=O)COc3ccccc3)[C@H]2SC1. The first-order valence-corrected chi connectivity index (χ1v) is 11.1. The summed E-state index contributed by atoms with van der Waals surface area (Å²) in [6.45, 7) is -0.248. The number of thioether (sulfide) groups is 2. The fourth-order valence-corrected chi connectivity index (χ4v) is 5.34. The van der Waals surface area contributed by atoms with Crippen LogP contribution in [0.15, 0.2) is 41.6 Å². The number of amides is 2. The molecule has 2 N–H and O–H groups in total. The summed E-state index contributed by atoms with van der Waals surface area (Å²) in [4.78, 5) is 49.0. The zero-order chi connectivity index (χ0) is 21.7. The van der Waals surface area contributed by atoms with Gasteiger partial charge in [-0.05, 0) is 17.7 Å². The standard InChI is InChI=1S/C19H20N2O7S2/c1-27-14(23)10-29-8-11-9-30-18-15(17(24)21(18)16(11)19(25)26)20-13(22)7-28-12-5-3-2-4-6-12/h2-6,15,18H,7-10H2,1H3,(H,20,22)(H,25,26)/t15?,18-/m1/s1. The maximum absolute atomic E-state index is 12.6. The highest BCUT2D eigenvalue weighted by atomic mass is 32.2. The largest absolute Gasteiger partial charge is 0.484 e. The van der Waals surface area contributed by atoms with Crippen molar-refractivity contribution in [3.05, 3.63) is 41.6 Å². The van der Waals surface area contributed by atoms with Crippen LogP contribution in [0.4, 0.5) is 0 Å². The number of ether oxygens (including phenoxy) is 2. The van der Waals surface area contributed by atoms with Crippen LogP contribution in [0.25, 0.3) is 0 Å². The molecule has 0 bridgehead atoms. The fraction of sp³-hybridized carbons (Fsp3) is 0.368. The molecule has 2 amide bonds. The van der Waals surface area contributed by atoms with Crippen molar-refractivity contribution >= 4 is 47.3 Å². The zero-order valence-electron chi connectivity index (χ0n) is 16.0. The highest BCUT2D eigenvalue weighted by molar-refractivity contribution is 8.01. The number of aliphatic carboxylic acids is 1. The molecule has 3 rings (SSSR count). The van der Waals surface area contributed by atoms with Crippen LogP contribution in [-0.4, -0.2) is 76.2 Å². The van der Waals surface area contributed by atoms with Gasteiger partial charge in [0.05, 0.1) is 12.9 Å². The summed E-state index contributed by atoms with van der Waals surface area (Å²) in [6.07, 6.45) is 0. The molecule has 1 aromatic carbocycles. The van der Waals surface area contributed by atoms with E-state index in [1.807, 2.05) is 6.07 Å². The van der Waals surface area contributed by atoms with Gasteiger partial charge in [-0.15, -0.1) is 23.5 Å². The molecule has 9 nitrogen and oxygen atoms in total. The van der Waals surface area contributed by atoms with Gasteiger partial charge in [0.2, 0.25) is 0 Å². The maximum Gasteiger partial charge on any atom is 0.352 e. The summed E-state index contributed by atoms with van der Waals surface area (Å²) in [5.74, 6) is -1.25. The van der Waals surface area contributed by atoms with Crippen LogP contribution in [0.3, 0.4) is 0 Å². The summed E-state index contributed by atoms with van der Waals surface area (Å²) in [6, 6.07) is 8.00. The van der Waals surface area contributed by atoms with E-state index < -0.39 is 35.2 Å². The molecule has 1 aromatic rings. The second kappa shape index (κ2) is 9.90. The average molecular weight is 453 g/mol. The van der Waals surface area contributed by atoms with Gasteiger partial charge in [0.25, 0.3) is 11.8 Å². The monoisotopic (exact) mass is 452 g/mol. The van der Waals surface area contributed by atoms with Gasteiger partial charge in [0.1, 0.15) is 22.9 Å². The number of carboxylic acid groups (broad SMARTS) is 1. The molecule has 0 aliphatic carbocycles. The van der Waals surface area contributed by atoms with Crippen molar-refractivity contribution in [2.75, 3.05) is 31.0 Å². The Bertz CT molecular complexity index is 875. The predicted molar refractivity (Wildman–Crippen MR) is 111 cm³/mol. The number of para-hydroxylation sites is 1. The topological polar surface area (TPSA) is 122 Å². The van der Waals surface area contributed by atoms with Crippen LogP contribution in [0.1, 0.15) is 0 Å². The molecule has 2 atom stereocenters. The van der Waals surface area contributed by atoms with Crippen molar-refractivity contribution in [3.8, 4) is 5.75 Å². The van der Waals surface area contributed by atoms with E-state index in [4.69, 9.17) is 4.74 Å². The Morgan fingerprint density at radius 2 is 2.03 bits per heavy atom. The molecule has 11 heteroatoms. The third-order valence-electron chi connectivity index (χ3n) is 4.40. The average Bonchev–Trinajstić information content (AvgIpc) is 2.75. The molecule has 2 aliphatic heterocycles. The molecule has 0 radical (unpaired) electrons. The number of rotatable bonds is 9. The fourth-order valence-electron chi connectivity index (χ4n) is 2.99. The molecule has 0 spiro atoms. The Morgan fingerprint density at radius 1 is 1.30 bits per heavy atom. The first kappa shape index (κ1) is 22.0. The number of hydrogen-bond acceptors (Lipinski definition) is 8. The summed E-state index contributed by atoms with van der Waals surface area (Å²) < 4.78 is 9.94. The minimum absolute atomic E-state index is 0.0767. The van der Waals surface area contributed by atoms with Crippen LogP contribution in [0, 0.1) is 0 Å². The van der Waals surface area contributed by atoms with Crippen molar-refractivity contribution in [1.82, 2.24) is 10.2 Å². The van der Waals surface area contributed by atoms with Gasteiger partial charge in [0.15, 0.2) is 6.61 Å². The molecule has 2 aliphatic rings. The van der Waals surface area contributed by atoms with E-state index in [9.17, 15) is 24.3 Å². The second-order valence-corrected chi connectivity index (χ2v) is 8.47. The van der Waals surface area contributed by atoms with Gasteiger partial charge in [-0.25, -0.2) is 4.79 Å².